The van der Waals surface area contributed by atoms with Gasteiger partial charge in [-0.05, 0) is 39.3 Å². The molecule has 21 heavy (non-hydrogen) atoms. The molecule has 0 aliphatic rings. The molecule has 0 unspecified atom stereocenters. The van der Waals surface area contributed by atoms with Crippen molar-refractivity contribution in [3.05, 3.63) is 12.1 Å². The lowest BCUT2D eigenvalue weighted by atomic mass is 10.1. The van der Waals surface area contributed by atoms with Crippen LogP contribution in [0.1, 0.15) is 66.2 Å². The van der Waals surface area contributed by atoms with Crippen molar-refractivity contribution in [3.63, 3.8) is 0 Å². The van der Waals surface area contributed by atoms with Crippen molar-refractivity contribution in [3.8, 4) is 5.88 Å². The Kier molecular flexibility index (Phi) is 7.34. The van der Waals surface area contributed by atoms with Crippen LogP contribution < -0.4 is 15.8 Å². The Labute approximate surface area is 129 Å². The Morgan fingerprint density at radius 3 is 2.43 bits per heavy atom. The van der Waals surface area contributed by atoms with Gasteiger partial charge in [0, 0.05) is 6.54 Å². The molecular weight excluding hydrogens is 262 g/mol. The second kappa shape index (κ2) is 8.75. The summed E-state index contributed by atoms with van der Waals surface area (Å²) in [6.45, 7) is 9.16. The standard InChI is InChI=1S/C17H31N3O/c1-5-6-7-8-9-10-13-19-15-12-11-14(18)16(20-15)21-17(2,3)4/h11-12H,5-10,13,18H2,1-4H3,(H,19,20). The van der Waals surface area contributed by atoms with E-state index in [9.17, 15) is 0 Å². The third-order valence-electron chi connectivity index (χ3n) is 3.13. The van der Waals surface area contributed by atoms with Gasteiger partial charge in [-0.15, -0.1) is 0 Å². The average Bonchev–Trinajstić information content (AvgIpc) is 2.39. The van der Waals surface area contributed by atoms with Crippen LogP contribution in [0.5, 0.6) is 5.88 Å². The molecule has 1 aromatic rings. The lowest BCUT2D eigenvalue weighted by Gasteiger charge is -2.21. The summed E-state index contributed by atoms with van der Waals surface area (Å²) in [5.41, 5.74) is 6.19. The second-order valence-corrected chi connectivity index (χ2v) is 6.50. The summed E-state index contributed by atoms with van der Waals surface area (Å²) >= 11 is 0. The maximum Gasteiger partial charge on any atom is 0.239 e. The van der Waals surface area contributed by atoms with Crippen molar-refractivity contribution in [2.45, 2.75) is 71.8 Å². The van der Waals surface area contributed by atoms with Gasteiger partial charge in [-0.3, -0.25) is 0 Å². The summed E-state index contributed by atoms with van der Waals surface area (Å²) in [6.07, 6.45) is 7.76. The van der Waals surface area contributed by atoms with Crippen molar-refractivity contribution >= 4 is 11.5 Å². The highest BCUT2D eigenvalue weighted by Crippen LogP contribution is 2.24. The Morgan fingerprint density at radius 1 is 1.10 bits per heavy atom. The molecule has 0 atom stereocenters. The molecule has 0 saturated carbocycles. The topological polar surface area (TPSA) is 60.2 Å². The maximum absolute atomic E-state index is 5.90. The van der Waals surface area contributed by atoms with Crippen LogP contribution in [0.2, 0.25) is 0 Å². The molecule has 0 aliphatic heterocycles. The summed E-state index contributed by atoms with van der Waals surface area (Å²) in [5.74, 6) is 1.34. The number of rotatable bonds is 9. The van der Waals surface area contributed by atoms with Crippen LogP contribution in [-0.2, 0) is 0 Å². The summed E-state index contributed by atoms with van der Waals surface area (Å²) in [7, 11) is 0. The third-order valence-corrected chi connectivity index (χ3v) is 3.13. The van der Waals surface area contributed by atoms with E-state index in [1.807, 2.05) is 32.9 Å². The highest BCUT2D eigenvalue weighted by atomic mass is 16.5. The summed E-state index contributed by atoms with van der Waals surface area (Å²) in [5, 5.41) is 3.34. The van der Waals surface area contributed by atoms with Crippen LogP contribution >= 0.6 is 0 Å². The molecule has 0 spiro atoms. The van der Waals surface area contributed by atoms with E-state index in [1.54, 1.807) is 0 Å². The van der Waals surface area contributed by atoms with Crippen LogP contribution in [0.25, 0.3) is 0 Å². The normalized spacial score (nSPS) is 11.4. The number of pyridine rings is 1. The average molecular weight is 293 g/mol. The minimum atomic E-state index is -0.293. The molecule has 0 aromatic carbocycles. The first-order valence-corrected chi connectivity index (χ1v) is 8.12. The van der Waals surface area contributed by atoms with E-state index in [0.717, 1.165) is 12.4 Å². The highest BCUT2D eigenvalue weighted by molar-refractivity contribution is 5.53. The third kappa shape index (κ3) is 7.78. The number of hydrogen-bond donors (Lipinski definition) is 2. The molecule has 0 fully saturated rings. The van der Waals surface area contributed by atoms with E-state index in [-0.39, 0.29) is 5.60 Å². The lowest BCUT2D eigenvalue weighted by Crippen LogP contribution is -2.24. The quantitative estimate of drug-likeness (QED) is 0.652. The molecular formula is C17H31N3O. The summed E-state index contributed by atoms with van der Waals surface area (Å²) in [4.78, 5) is 4.45. The van der Waals surface area contributed by atoms with Gasteiger partial charge in [0.15, 0.2) is 0 Å². The summed E-state index contributed by atoms with van der Waals surface area (Å²) < 4.78 is 5.77. The summed E-state index contributed by atoms with van der Waals surface area (Å²) in [6, 6.07) is 3.75. The second-order valence-electron chi connectivity index (χ2n) is 6.50. The van der Waals surface area contributed by atoms with Crippen LogP contribution in [0, 0.1) is 0 Å². The maximum atomic E-state index is 5.90. The zero-order valence-electron chi connectivity index (χ0n) is 14.0. The van der Waals surface area contributed by atoms with Gasteiger partial charge >= 0.3 is 0 Å². The van der Waals surface area contributed by atoms with Gasteiger partial charge in [-0.2, -0.15) is 4.98 Å². The fourth-order valence-corrected chi connectivity index (χ4v) is 2.04. The van der Waals surface area contributed by atoms with Crippen LogP contribution in [-0.4, -0.2) is 17.1 Å². The Balaban J connectivity index is 2.37. The number of hydrogen-bond acceptors (Lipinski definition) is 4. The van der Waals surface area contributed by atoms with E-state index >= 15 is 0 Å². The predicted octanol–water partition coefficient (Wildman–Crippen LogP) is 4.61. The zero-order chi connectivity index (χ0) is 15.7. The number of nitrogens with two attached hydrogens (primary N) is 1. The lowest BCUT2D eigenvalue weighted by molar-refractivity contribution is 0.125. The SMILES string of the molecule is CCCCCCCCNc1ccc(N)c(OC(C)(C)C)n1. The molecule has 0 bridgehead atoms. The first kappa shape index (κ1) is 17.6. The van der Waals surface area contributed by atoms with E-state index in [4.69, 9.17) is 10.5 Å². The van der Waals surface area contributed by atoms with Crippen LogP contribution in [0.4, 0.5) is 11.5 Å². The minimum absolute atomic E-state index is 0.293. The molecule has 1 aromatic heterocycles. The molecule has 0 aliphatic carbocycles. The molecule has 4 nitrogen and oxygen atoms in total. The van der Waals surface area contributed by atoms with Crippen molar-refractivity contribution in [1.29, 1.82) is 0 Å². The number of anilines is 2. The number of nitrogens with zero attached hydrogens (tertiary/aromatic N) is 1. The van der Waals surface area contributed by atoms with Crippen LogP contribution in [0.15, 0.2) is 12.1 Å². The van der Waals surface area contributed by atoms with Gasteiger partial charge in [0.25, 0.3) is 0 Å². The van der Waals surface area contributed by atoms with E-state index in [0.29, 0.717) is 11.6 Å². The number of unbranched alkanes of at least 4 members (excludes halogenated alkanes) is 5. The Bertz CT molecular complexity index is 413. The van der Waals surface area contributed by atoms with Crippen LogP contribution in [0.3, 0.4) is 0 Å². The molecule has 1 heterocycles. The molecule has 1 rings (SSSR count). The first-order valence-electron chi connectivity index (χ1n) is 8.12. The molecule has 0 amide bonds. The van der Waals surface area contributed by atoms with Gasteiger partial charge < -0.3 is 15.8 Å². The fraction of sp³-hybridized carbons (Fsp3) is 0.706. The predicted molar refractivity (Wildman–Crippen MR) is 90.9 cm³/mol. The van der Waals surface area contributed by atoms with Gasteiger partial charge in [0.1, 0.15) is 11.4 Å². The Hall–Kier alpha value is -1.45. The minimum Gasteiger partial charge on any atom is -0.470 e. The molecule has 120 valence electrons. The molecule has 0 saturated heterocycles. The van der Waals surface area contributed by atoms with Gasteiger partial charge in [-0.1, -0.05) is 39.0 Å². The smallest absolute Gasteiger partial charge is 0.239 e. The molecule has 3 N–H and O–H groups in total. The van der Waals surface area contributed by atoms with Gasteiger partial charge in [0.05, 0.1) is 5.69 Å². The van der Waals surface area contributed by atoms with Gasteiger partial charge in [0.2, 0.25) is 5.88 Å². The largest absolute Gasteiger partial charge is 0.470 e. The number of nitrogen functional groups attached to an aromatic ring is 1. The first-order chi connectivity index (χ1) is 9.92. The highest BCUT2D eigenvalue weighted by Gasteiger charge is 2.15. The van der Waals surface area contributed by atoms with Crippen molar-refractivity contribution < 1.29 is 4.74 Å². The number of nitrogens with one attached hydrogen (secondary N) is 1. The van der Waals surface area contributed by atoms with E-state index in [1.165, 1.54) is 38.5 Å². The fourth-order valence-electron chi connectivity index (χ4n) is 2.04. The van der Waals surface area contributed by atoms with E-state index < -0.39 is 0 Å². The zero-order valence-corrected chi connectivity index (χ0v) is 14.0. The monoisotopic (exact) mass is 293 g/mol. The number of aromatic nitrogens is 1. The van der Waals surface area contributed by atoms with E-state index in [2.05, 4.69) is 17.2 Å². The van der Waals surface area contributed by atoms with Gasteiger partial charge in [-0.25, -0.2) is 0 Å². The van der Waals surface area contributed by atoms with Crippen molar-refractivity contribution in [1.82, 2.24) is 4.98 Å². The van der Waals surface area contributed by atoms with Crippen molar-refractivity contribution in [2.75, 3.05) is 17.6 Å². The Morgan fingerprint density at radius 2 is 1.76 bits per heavy atom. The number of ether oxygens (including phenoxy) is 1. The molecule has 4 heteroatoms. The van der Waals surface area contributed by atoms with Crippen molar-refractivity contribution in [2.24, 2.45) is 0 Å². The molecule has 0 radical (unpaired) electrons.